The summed E-state index contributed by atoms with van der Waals surface area (Å²) in [6.45, 7) is 4.43. The first-order chi connectivity index (χ1) is 22.3. The van der Waals surface area contributed by atoms with Crippen molar-refractivity contribution < 1.29 is 28.6 Å². The van der Waals surface area contributed by atoms with E-state index in [2.05, 4.69) is 16.0 Å². The molecule has 0 saturated carbocycles. The molecular formula is C36H37N3O6S. The Hall–Kier alpha value is -5.22. The summed E-state index contributed by atoms with van der Waals surface area (Å²) in [6.07, 6.45) is 2.14. The number of methoxy groups -OCH3 is 2. The molecule has 0 saturated heterocycles. The van der Waals surface area contributed by atoms with E-state index in [-0.39, 0.29) is 16.9 Å². The molecule has 0 aromatic heterocycles. The average Bonchev–Trinajstić information content (AvgIpc) is 3.08. The maximum atomic E-state index is 13.6. The van der Waals surface area contributed by atoms with Crippen molar-refractivity contribution >= 4 is 46.9 Å². The molecule has 4 aromatic rings. The van der Waals surface area contributed by atoms with E-state index in [0.717, 1.165) is 10.6 Å². The lowest BCUT2D eigenvalue weighted by atomic mass is 10.1. The molecule has 3 amide bonds. The quantitative estimate of drug-likeness (QED) is 0.100. The summed E-state index contributed by atoms with van der Waals surface area (Å²) >= 11 is 1.40. The van der Waals surface area contributed by atoms with Gasteiger partial charge in [-0.1, -0.05) is 31.2 Å². The second kappa shape index (κ2) is 16.7. The van der Waals surface area contributed by atoms with Crippen LogP contribution in [0.1, 0.15) is 36.2 Å². The first kappa shape index (κ1) is 33.7. The van der Waals surface area contributed by atoms with Crippen molar-refractivity contribution in [1.29, 1.82) is 0 Å². The van der Waals surface area contributed by atoms with Crippen LogP contribution in [0, 0.1) is 0 Å². The van der Waals surface area contributed by atoms with Crippen LogP contribution in [0.2, 0.25) is 0 Å². The molecule has 10 heteroatoms. The number of hydrogen-bond donors (Lipinski definition) is 3. The molecule has 9 nitrogen and oxygen atoms in total. The van der Waals surface area contributed by atoms with Gasteiger partial charge in [0.25, 0.3) is 11.8 Å². The van der Waals surface area contributed by atoms with Crippen molar-refractivity contribution in [1.82, 2.24) is 5.32 Å². The lowest BCUT2D eigenvalue weighted by Crippen LogP contribution is -2.30. The molecule has 46 heavy (non-hydrogen) atoms. The minimum absolute atomic E-state index is 0.0107. The maximum Gasteiger partial charge on any atom is 0.272 e. The number of anilines is 2. The van der Waals surface area contributed by atoms with Gasteiger partial charge < -0.3 is 30.2 Å². The lowest BCUT2D eigenvalue weighted by Gasteiger charge is -2.16. The van der Waals surface area contributed by atoms with Crippen LogP contribution in [0.5, 0.6) is 17.2 Å². The summed E-state index contributed by atoms with van der Waals surface area (Å²) in [4.78, 5) is 40.6. The number of amides is 3. The molecule has 1 unspecified atom stereocenters. The Bertz CT molecular complexity index is 1680. The predicted molar refractivity (Wildman–Crippen MR) is 183 cm³/mol. The summed E-state index contributed by atoms with van der Waals surface area (Å²) in [6, 6.07) is 28.2. The summed E-state index contributed by atoms with van der Waals surface area (Å²) in [5, 5.41) is 8.22. The zero-order chi connectivity index (χ0) is 32.9. The molecule has 4 rings (SSSR count). The molecule has 0 radical (unpaired) electrons. The van der Waals surface area contributed by atoms with Crippen LogP contribution < -0.4 is 30.2 Å². The van der Waals surface area contributed by atoms with Crippen molar-refractivity contribution in [3.8, 4) is 17.2 Å². The molecule has 0 fully saturated rings. The number of carbonyl (C=O) groups is 3. The fourth-order valence-electron chi connectivity index (χ4n) is 4.39. The second-order valence-corrected chi connectivity index (χ2v) is 11.2. The van der Waals surface area contributed by atoms with Gasteiger partial charge in [-0.25, -0.2) is 0 Å². The maximum absolute atomic E-state index is 13.6. The minimum Gasteiger partial charge on any atom is -0.497 e. The first-order valence-corrected chi connectivity index (χ1v) is 15.6. The topological polar surface area (TPSA) is 115 Å². The Labute approximate surface area is 273 Å². The number of carbonyl (C=O) groups excluding carboxylic acids is 3. The third-order valence-electron chi connectivity index (χ3n) is 6.74. The van der Waals surface area contributed by atoms with Gasteiger partial charge in [0.15, 0.2) is 0 Å². The van der Waals surface area contributed by atoms with E-state index >= 15 is 0 Å². The molecule has 0 aliphatic rings. The number of rotatable bonds is 14. The van der Waals surface area contributed by atoms with Gasteiger partial charge in [0.1, 0.15) is 22.9 Å². The smallest absolute Gasteiger partial charge is 0.272 e. The molecule has 0 aliphatic heterocycles. The predicted octanol–water partition coefficient (Wildman–Crippen LogP) is 7.02. The minimum atomic E-state index is -0.537. The largest absolute Gasteiger partial charge is 0.497 e. The molecule has 0 spiro atoms. The van der Waals surface area contributed by atoms with Crippen molar-refractivity contribution in [2.24, 2.45) is 0 Å². The number of benzene rings is 4. The van der Waals surface area contributed by atoms with Crippen LogP contribution in [-0.4, -0.2) is 43.8 Å². The average molecular weight is 640 g/mol. The van der Waals surface area contributed by atoms with Crippen LogP contribution >= 0.6 is 11.8 Å². The highest BCUT2D eigenvalue weighted by Gasteiger charge is 2.20. The van der Waals surface area contributed by atoms with Gasteiger partial charge in [-0.3, -0.25) is 14.4 Å². The zero-order valence-corrected chi connectivity index (χ0v) is 27.0. The fraction of sp³-hybridized carbons (Fsp3) is 0.194. The SMILES string of the molecule is CCOc1ccc(NC(=O)C(CC)Sc2cccc(NC(=O)/C(=C\c3ccc(OC)cc3OC)NC(=O)c3ccccc3)c2)cc1. The van der Waals surface area contributed by atoms with Gasteiger partial charge in [-0.15, -0.1) is 11.8 Å². The Kier molecular flexibility index (Phi) is 12.3. The monoisotopic (exact) mass is 639 g/mol. The summed E-state index contributed by atoms with van der Waals surface area (Å²) in [5.41, 5.74) is 2.15. The number of nitrogens with one attached hydrogen (secondary N) is 3. The summed E-state index contributed by atoms with van der Waals surface area (Å²) in [5.74, 6) is 0.676. The Morgan fingerprint density at radius 3 is 2.20 bits per heavy atom. The Morgan fingerprint density at radius 1 is 0.783 bits per heavy atom. The summed E-state index contributed by atoms with van der Waals surface area (Å²) in [7, 11) is 3.06. The normalized spacial score (nSPS) is 11.6. The van der Waals surface area contributed by atoms with Crippen LogP contribution in [0.25, 0.3) is 6.08 Å². The fourth-order valence-corrected chi connectivity index (χ4v) is 5.40. The van der Waals surface area contributed by atoms with Gasteiger partial charge >= 0.3 is 0 Å². The third-order valence-corrected chi connectivity index (χ3v) is 8.09. The van der Waals surface area contributed by atoms with E-state index in [4.69, 9.17) is 14.2 Å². The zero-order valence-electron chi connectivity index (χ0n) is 26.2. The highest BCUT2D eigenvalue weighted by Crippen LogP contribution is 2.30. The van der Waals surface area contributed by atoms with Crippen LogP contribution in [0.3, 0.4) is 0 Å². The molecule has 0 heterocycles. The standard InChI is InChI=1S/C36H37N3O6S/c1-5-33(36(42)37-26-16-19-28(20-17-26)45-6-2)46-30-14-10-13-27(22-30)38-35(41)31(39-34(40)24-11-8-7-9-12-24)21-25-15-18-29(43-3)23-32(25)44-4/h7-23,33H,5-6H2,1-4H3,(H,37,42)(H,38,41)(H,39,40)/b31-21+. The van der Waals surface area contributed by atoms with Gasteiger partial charge in [0.2, 0.25) is 5.91 Å². The highest BCUT2D eigenvalue weighted by atomic mass is 32.2. The number of ether oxygens (including phenoxy) is 3. The van der Waals surface area contributed by atoms with E-state index in [1.807, 2.05) is 32.0 Å². The Balaban J connectivity index is 1.52. The van der Waals surface area contributed by atoms with Crippen molar-refractivity contribution in [3.63, 3.8) is 0 Å². The summed E-state index contributed by atoms with van der Waals surface area (Å²) < 4.78 is 16.3. The van der Waals surface area contributed by atoms with Gasteiger partial charge in [-0.2, -0.15) is 0 Å². The molecule has 238 valence electrons. The van der Waals surface area contributed by atoms with Gasteiger partial charge in [0, 0.05) is 33.5 Å². The van der Waals surface area contributed by atoms with Crippen molar-refractivity contribution in [3.05, 3.63) is 114 Å². The van der Waals surface area contributed by atoms with E-state index < -0.39 is 11.8 Å². The van der Waals surface area contributed by atoms with E-state index in [1.165, 1.54) is 18.9 Å². The van der Waals surface area contributed by atoms with E-state index in [9.17, 15) is 14.4 Å². The van der Waals surface area contributed by atoms with E-state index in [1.54, 1.807) is 92.0 Å². The van der Waals surface area contributed by atoms with Gasteiger partial charge in [-0.05, 0) is 86.2 Å². The number of hydrogen-bond acceptors (Lipinski definition) is 7. The molecule has 1 atom stereocenters. The number of thioether (sulfide) groups is 1. The molecular weight excluding hydrogens is 602 g/mol. The molecule has 0 bridgehead atoms. The van der Waals surface area contributed by atoms with Crippen LogP contribution in [0.4, 0.5) is 11.4 Å². The third kappa shape index (κ3) is 9.39. The second-order valence-electron chi connectivity index (χ2n) is 9.93. The lowest BCUT2D eigenvalue weighted by molar-refractivity contribution is -0.116. The first-order valence-electron chi connectivity index (χ1n) is 14.7. The van der Waals surface area contributed by atoms with Gasteiger partial charge in [0.05, 0.1) is 26.1 Å². The molecule has 4 aromatic carbocycles. The molecule has 3 N–H and O–H groups in total. The van der Waals surface area contributed by atoms with Crippen LogP contribution in [0.15, 0.2) is 108 Å². The highest BCUT2D eigenvalue weighted by molar-refractivity contribution is 8.00. The van der Waals surface area contributed by atoms with Crippen molar-refractivity contribution in [2.45, 2.75) is 30.4 Å². The van der Waals surface area contributed by atoms with Crippen molar-refractivity contribution in [2.75, 3.05) is 31.5 Å². The van der Waals surface area contributed by atoms with Crippen LogP contribution in [-0.2, 0) is 9.59 Å². The Morgan fingerprint density at radius 2 is 1.52 bits per heavy atom. The van der Waals surface area contributed by atoms with E-state index in [0.29, 0.717) is 47.0 Å². The molecule has 0 aliphatic carbocycles.